The van der Waals surface area contributed by atoms with Crippen LogP contribution in [0, 0.1) is 13.8 Å². The molecule has 0 aromatic carbocycles. The smallest absolute Gasteiger partial charge is 0.252 e. The van der Waals surface area contributed by atoms with Crippen molar-refractivity contribution in [1.82, 2.24) is 10.3 Å². The average Bonchev–Trinajstić information content (AvgIpc) is 2.69. The lowest BCUT2D eigenvalue weighted by Crippen LogP contribution is -2.26. The molecule has 94 valence electrons. The number of nitrogens with one attached hydrogen (secondary N) is 1. The zero-order chi connectivity index (χ0) is 13.1. The second-order valence-corrected chi connectivity index (χ2v) is 5.76. The zero-order valence-corrected chi connectivity index (χ0v) is 11.5. The van der Waals surface area contributed by atoms with E-state index < -0.39 is 0 Å². The number of hydrogen-bond acceptors (Lipinski definition) is 3. The minimum Gasteiger partial charge on any atom is -0.345 e. The van der Waals surface area contributed by atoms with Crippen molar-refractivity contribution in [2.24, 2.45) is 0 Å². The highest BCUT2D eigenvalue weighted by atomic mass is 32.1. The number of rotatable bonds is 3. The van der Waals surface area contributed by atoms with Crippen molar-refractivity contribution in [2.45, 2.75) is 26.8 Å². The minimum atomic E-state index is -0.0138. The Hall–Kier alpha value is -1.68. The first-order valence-electron chi connectivity index (χ1n) is 5.85. The van der Waals surface area contributed by atoms with Crippen LogP contribution >= 0.6 is 11.3 Å². The molecule has 0 unspecified atom stereocenters. The van der Waals surface area contributed by atoms with E-state index in [1.165, 1.54) is 0 Å². The molecule has 1 amide bonds. The van der Waals surface area contributed by atoms with Crippen LogP contribution in [-0.4, -0.2) is 10.9 Å². The summed E-state index contributed by atoms with van der Waals surface area (Å²) in [6.07, 6.45) is 3.47. The van der Waals surface area contributed by atoms with Crippen molar-refractivity contribution in [3.8, 4) is 0 Å². The molecule has 1 N–H and O–H groups in total. The maximum atomic E-state index is 12.1. The number of nitrogens with zero attached hydrogens (tertiary/aromatic N) is 1. The lowest BCUT2D eigenvalue weighted by atomic mass is 10.1. The Bertz CT molecular complexity index is 548. The molecule has 0 bridgehead atoms. The number of thiophene rings is 1. The molecule has 0 fully saturated rings. The average molecular weight is 260 g/mol. The number of hydrogen-bond donors (Lipinski definition) is 1. The van der Waals surface area contributed by atoms with E-state index in [1.54, 1.807) is 23.7 Å². The summed E-state index contributed by atoms with van der Waals surface area (Å²) in [5.41, 5.74) is 1.83. The summed E-state index contributed by atoms with van der Waals surface area (Å²) in [6, 6.07) is 5.75. The van der Waals surface area contributed by atoms with Crippen LogP contribution in [-0.2, 0) is 0 Å². The summed E-state index contributed by atoms with van der Waals surface area (Å²) in [6.45, 7) is 5.96. The predicted molar refractivity (Wildman–Crippen MR) is 73.9 cm³/mol. The van der Waals surface area contributed by atoms with E-state index in [4.69, 9.17) is 0 Å². The standard InChI is InChI=1S/C14H16N2OS/c1-9-8-13(11(3)18-9)14(17)16-10(2)12-4-6-15-7-5-12/h4-8,10H,1-3H3,(H,16,17)/t10-/m0/s1. The van der Waals surface area contributed by atoms with Gasteiger partial charge in [-0.05, 0) is 44.5 Å². The van der Waals surface area contributed by atoms with E-state index in [9.17, 15) is 4.79 Å². The fourth-order valence-electron chi connectivity index (χ4n) is 1.87. The summed E-state index contributed by atoms with van der Waals surface area (Å²) in [7, 11) is 0. The number of carbonyl (C=O) groups excluding carboxylic acids is 1. The zero-order valence-electron chi connectivity index (χ0n) is 10.7. The summed E-state index contributed by atoms with van der Waals surface area (Å²) in [5.74, 6) is -0.0128. The highest BCUT2D eigenvalue weighted by molar-refractivity contribution is 7.12. The Balaban J connectivity index is 2.10. The third-order valence-corrected chi connectivity index (χ3v) is 3.81. The largest absolute Gasteiger partial charge is 0.345 e. The Morgan fingerprint density at radius 3 is 2.56 bits per heavy atom. The Morgan fingerprint density at radius 1 is 1.33 bits per heavy atom. The lowest BCUT2D eigenvalue weighted by molar-refractivity contribution is 0.0939. The molecule has 0 aliphatic heterocycles. The molecule has 2 heterocycles. The summed E-state index contributed by atoms with van der Waals surface area (Å²) >= 11 is 1.65. The van der Waals surface area contributed by atoms with Crippen LogP contribution in [0.2, 0.25) is 0 Å². The van der Waals surface area contributed by atoms with Crippen LogP contribution < -0.4 is 5.32 Å². The second kappa shape index (κ2) is 5.31. The molecule has 0 aliphatic carbocycles. The Labute approximate surface area is 111 Å². The number of carbonyl (C=O) groups is 1. The number of amides is 1. The van der Waals surface area contributed by atoms with Crippen molar-refractivity contribution >= 4 is 17.2 Å². The summed E-state index contributed by atoms with van der Waals surface area (Å²) in [4.78, 5) is 18.3. The third-order valence-electron chi connectivity index (χ3n) is 2.84. The van der Waals surface area contributed by atoms with Crippen molar-refractivity contribution in [3.63, 3.8) is 0 Å². The maximum Gasteiger partial charge on any atom is 0.252 e. The van der Waals surface area contributed by atoms with E-state index >= 15 is 0 Å². The molecular formula is C14H16N2OS. The first kappa shape index (κ1) is 12.8. The van der Waals surface area contributed by atoms with Crippen LogP contribution in [0.25, 0.3) is 0 Å². The SMILES string of the molecule is Cc1cc(C(=O)N[C@@H](C)c2ccncc2)c(C)s1. The molecule has 0 saturated carbocycles. The maximum absolute atomic E-state index is 12.1. The molecule has 0 spiro atoms. The van der Waals surface area contributed by atoms with Gasteiger partial charge in [-0.3, -0.25) is 9.78 Å². The van der Waals surface area contributed by atoms with E-state index in [2.05, 4.69) is 10.3 Å². The number of aromatic nitrogens is 1. The van der Waals surface area contributed by atoms with Crippen molar-refractivity contribution in [1.29, 1.82) is 0 Å². The van der Waals surface area contributed by atoms with Crippen molar-refractivity contribution in [3.05, 3.63) is 51.5 Å². The van der Waals surface area contributed by atoms with Gasteiger partial charge < -0.3 is 5.32 Å². The quantitative estimate of drug-likeness (QED) is 0.920. The first-order valence-corrected chi connectivity index (χ1v) is 6.67. The topological polar surface area (TPSA) is 42.0 Å². The van der Waals surface area contributed by atoms with Gasteiger partial charge in [0.2, 0.25) is 0 Å². The molecule has 0 saturated heterocycles. The van der Waals surface area contributed by atoms with Gasteiger partial charge in [0.25, 0.3) is 5.91 Å². The Kier molecular flexibility index (Phi) is 3.77. The fourth-order valence-corrected chi connectivity index (χ4v) is 2.79. The van der Waals surface area contributed by atoms with Crippen LogP contribution in [0.15, 0.2) is 30.6 Å². The highest BCUT2D eigenvalue weighted by Gasteiger charge is 2.14. The summed E-state index contributed by atoms with van der Waals surface area (Å²) < 4.78 is 0. The molecule has 2 rings (SSSR count). The van der Waals surface area contributed by atoms with Gasteiger partial charge in [-0.25, -0.2) is 0 Å². The molecule has 2 aromatic heterocycles. The van der Waals surface area contributed by atoms with Crippen LogP contribution in [0.4, 0.5) is 0 Å². The molecule has 2 aromatic rings. The lowest BCUT2D eigenvalue weighted by Gasteiger charge is -2.13. The van der Waals surface area contributed by atoms with E-state index in [0.29, 0.717) is 0 Å². The molecule has 4 heteroatoms. The van der Waals surface area contributed by atoms with Crippen LogP contribution in [0.5, 0.6) is 0 Å². The van der Waals surface area contributed by atoms with Gasteiger partial charge in [0.1, 0.15) is 0 Å². The summed E-state index contributed by atoms with van der Waals surface area (Å²) in [5, 5.41) is 3.01. The van der Waals surface area contributed by atoms with Gasteiger partial charge in [0.15, 0.2) is 0 Å². The monoisotopic (exact) mass is 260 g/mol. The van der Waals surface area contributed by atoms with Gasteiger partial charge in [0, 0.05) is 22.1 Å². The van der Waals surface area contributed by atoms with Gasteiger partial charge in [-0.1, -0.05) is 0 Å². The fraction of sp³-hybridized carbons (Fsp3) is 0.286. The van der Waals surface area contributed by atoms with Gasteiger partial charge in [-0.15, -0.1) is 11.3 Å². The molecule has 0 radical (unpaired) electrons. The normalized spacial score (nSPS) is 12.2. The number of aryl methyl sites for hydroxylation is 2. The molecular weight excluding hydrogens is 244 g/mol. The van der Waals surface area contributed by atoms with Gasteiger partial charge in [-0.2, -0.15) is 0 Å². The third kappa shape index (κ3) is 2.76. The van der Waals surface area contributed by atoms with Crippen molar-refractivity contribution < 1.29 is 4.79 Å². The minimum absolute atomic E-state index is 0.0128. The van der Waals surface area contributed by atoms with Crippen LogP contribution in [0.3, 0.4) is 0 Å². The molecule has 0 aliphatic rings. The molecule has 1 atom stereocenters. The van der Waals surface area contributed by atoms with Gasteiger partial charge in [0.05, 0.1) is 11.6 Å². The molecule has 3 nitrogen and oxygen atoms in total. The second-order valence-electron chi connectivity index (χ2n) is 4.30. The van der Waals surface area contributed by atoms with Crippen molar-refractivity contribution in [2.75, 3.05) is 0 Å². The first-order chi connectivity index (χ1) is 8.58. The van der Waals surface area contributed by atoms with E-state index in [0.717, 1.165) is 20.9 Å². The molecule has 18 heavy (non-hydrogen) atoms. The van der Waals surface area contributed by atoms with Crippen LogP contribution in [0.1, 0.15) is 38.6 Å². The highest BCUT2D eigenvalue weighted by Crippen LogP contribution is 2.21. The van der Waals surface area contributed by atoms with E-state index in [-0.39, 0.29) is 11.9 Å². The Morgan fingerprint density at radius 2 is 2.00 bits per heavy atom. The number of pyridine rings is 1. The predicted octanol–water partition coefficient (Wildman–Crippen LogP) is 3.25. The van der Waals surface area contributed by atoms with Gasteiger partial charge >= 0.3 is 0 Å². The van der Waals surface area contributed by atoms with E-state index in [1.807, 2.05) is 39.0 Å².